The van der Waals surface area contributed by atoms with Gasteiger partial charge in [-0.2, -0.15) is 0 Å². The molecule has 0 atom stereocenters. The fourth-order valence-corrected chi connectivity index (χ4v) is 16.6. The van der Waals surface area contributed by atoms with Crippen molar-refractivity contribution in [3.63, 3.8) is 0 Å². The van der Waals surface area contributed by atoms with Crippen LogP contribution in [0.2, 0.25) is 0 Å². The summed E-state index contributed by atoms with van der Waals surface area (Å²) < 4.78 is 0. The summed E-state index contributed by atoms with van der Waals surface area (Å²) in [4.78, 5) is 0. The monoisotopic (exact) mass is 1440 g/mol. The van der Waals surface area contributed by atoms with Crippen molar-refractivity contribution in [1.82, 2.24) is 0 Å². The standard InChI is InChI=1S/7C16H14/c1-11-5-3-7-13-10-16-12(2)6-4-8-14(16)9-15(11)13;1-11-13-7-3-5-9-15(13)12(2)16-10-6-4-8-14(11)16;1-11-6-5-9-15-12(2)14-8-4-3-7-13(14)10-16(11)15;1-11-7-15-9-13-5-3-4-6-14(13)10-16(15)8-12(11)2;1-11-7-12(2)16-10-14-6-4-3-5-13(14)9-15(16)8-11;1-11-7-8-15-9-13-5-3-4-6-14(13)10-16(15)12(11)2;1-11-7-8-12(2)16-10-14-6-4-3-5-13(14)9-15(11)16/h7*3-10H,1-2H3. The van der Waals surface area contributed by atoms with Crippen LogP contribution in [0.3, 0.4) is 0 Å². The Bertz CT molecular complexity index is 6740. The van der Waals surface area contributed by atoms with Crippen LogP contribution in [-0.2, 0) is 0 Å². The largest absolute Gasteiger partial charge is 0.0616 e. The van der Waals surface area contributed by atoms with E-state index in [0.717, 1.165) is 0 Å². The quantitative estimate of drug-likeness (QED) is 0.133. The molecule has 0 aliphatic heterocycles. The second-order valence-electron chi connectivity index (χ2n) is 31.0. The lowest BCUT2D eigenvalue weighted by molar-refractivity contribution is 1.37. The molecular weight excluding hydrogens is 1350 g/mol. The van der Waals surface area contributed by atoms with Crippen molar-refractivity contribution >= 4 is 151 Å². The predicted molar refractivity (Wildman–Crippen MR) is 496 cm³/mol. The molecule has 0 fully saturated rings. The first-order valence-corrected chi connectivity index (χ1v) is 39.5. The SMILES string of the molecule is Cc1c2ccccc2c(C)c2ccccc12.Cc1cc(C)c2cc3ccccc3cc2c1.Cc1cc2cc3ccccc3cc2cc1C.Cc1ccc(C)c2cc3ccccc3cc12.Cc1ccc2cc3ccccc3cc2c1C.Cc1cccc2c(C)c3ccccc3cc12.Cc1cccc2cc3c(C)cccc3cc12. The fraction of sp³-hybridized carbons (Fsp3) is 0.125. The van der Waals surface area contributed by atoms with Gasteiger partial charge < -0.3 is 0 Å². The van der Waals surface area contributed by atoms with Crippen LogP contribution in [0.25, 0.3) is 151 Å². The van der Waals surface area contributed by atoms with Gasteiger partial charge in [0.25, 0.3) is 0 Å². The van der Waals surface area contributed by atoms with E-state index in [-0.39, 0.29) is 0 Å². The van der Waals surface area contributed by atoms with E-state index in [1.807, 2.05) is 0 Å². The highest BCUT2D eigenvalue weighted by molar-refractivity contribution is 6.08. The number of benzene rings is 21. The second kappa shape index (κ2) is 32.4. The molecule has 0 unspecified atom stereocenters. The van der Waals surface area contributed by atoms with Crippen molar-refractivity contribution in [1.29, 1.82) is 0 Å². The van der Waals surface area contributed by atoms with Gasteiger partial charge in [0, 0.05) is 0 Å². The Morgan fingerprint density at radius 3 is 0.804 bits per heavy atom. The molecule has 0 nitrogen and oxygen atoms in total. The number of fused-ring (bicyclic) bond motifs is 14. The summed E-state index contributed by atoms with van der Waals surface area (Å²) in [6, 6.07) is 123. The van der Waals surface area contributed by atoms with Crippen LogP contribution in [0.1, 0.15) is 77.9 Å². The molecule has 0 saturated carbocycles. The van der Waals surface area contributed by atoms with E-state index in [9.17, 15) is 0 Å². The average molecular weight is 1440 g/mol. The first-order valence-electron chi connectivity index (χ1n) is 39.5. The number of hydrogen-bond acceptors (Lipinski definition) is 0. The van der Waals surface area contributed by atoms with Gasteiger partial charge in [0.1, 0.15) is 0 Å². The Balaban J connectivity index is 0.000000103. The maximum absolute atomic E-state index is 2.30. The van der Waals surface area contributed by atoms with Gasteiger partial charge in [0.15, 0.2) is 0 Å². The zero-order valence-corrected chi connectivity index (χ0v) is 67.3. The molecule has 0 bridgehead atoms. The summed E-state index contributed by atoms with van der Waals surface area (Å²) in [5.74, 6) is 0. The van der Waals surface area contributed by atoms with Gasteiger partial charge >= 0.3 is 0 Å². The molecule has 0 spiro atoms. The fourth-order valence-electron chi connectivity index (χ4n) is 16.6. The molecule has 21 aromatic rings. The topological polar surface area (TPSA) is 0 Å². The summed E-state index contributed by atoms with van der Waals surface area (Å²) in [5.41, 5.74) is 19.1. The summed E-state index contributed by atoms with van der Waals surface area (Å²) in [7, 11) is 0. The molecule has 0 aliphatic carbocycles. The first-order chi connectivity index (χ1) is 54.3. The van der Waals surface area contributed by atoms with E-state index in [1.165, 1.54) is 229 Å². The van der Waals surface area contributed by atoms with Crippen molar-refractivity contribution in [2.45, 2.75) is 96.9 Å². The molecule has 21 rings (SSSR count). The van der Waals surface area contributed by atoms with Crippen molar-refractivity contribution < 1.29 is 0 Å². The molecule has 0 aliphatic rings. The third kappa shape index (κ3) is 15.6. The Morgan fingerprint density at radius 2 is 0.357 bits per heavy atom. The Labute approximate surface area is 660 Å². The molecular formula is C112H98. The molecule has 0 N–H and O–H groups in total. The highest BCUT2D eigenvalue weighted by Crippen LogP contribution is 2.36. The van der Waals surface area contributed by atoms with E-state index in [2.05, 4.69) is 437 Å². The number of hydrogen-bond donors (Lipinski definition) is 0. The molecule has 0 heterocycles. The van der Waals surface area contributed by atoms with E-state index >= 15 is 0 Å². The van der Waals surface area contributed by atoms with Gasteiger partial charge in [-0.25, -0.2) is 0 Å². The molecule has 0 amide bonds. The van der Waals surface area contributed by atoms with E-state index in [0.29, 0.717) is 0 Å². The lowest BCUT2D eigenvalue weighted by Gasteiger charge is -2.11. The lowest BCUT2D eigenvalue weighted by Crippen LogP contribution is -1.87. The van der Waals surface area contributed by atoms with Crippen LogP contribution < -0.4 is 0 Å². The lowest BCUT2D eigenvalue weighted by atomic mass is 9.93. The van der Waals surface area contributed by atoms with Gasteiger partial charge in [-0.15, -0.1) is 0 Å². The first kappa shape index (κ1) is 74.7. The third-order valence-electron chi connectivity index (χ3n) is 23.4. The Morgan fingerprint density at radius 1 is 0.107 bits per heavy atom. The molecule has 0 aromatic heterocycles. The molecule has 21 aromatic carbocycles. The summed E-state index contributed by atoms with van der Waals surface area (Å²) >= 11 is 0. The molecule has 112 heavy (non-hydrogen) atoms. The summed E-state index contributed by atoms with van der Waals surface area (Å²) in [6.45, 7) is 30.6. The van der Waals surface area contributed by atoms with Gasteiger partial charge in [0.05, 0.1) is 0 Å². The minimum Gasteiger partial charge on any atom is -0.0616 e. The molecule has 546 valence electrons. The normalized spacial score (nSPS) is 11.1. The second-order valence-corrected chi connectivity index (χ2v) is 31.0. The minimum atomic E-state index is 1.32. The van der Waals surface area contributed by atoms with E-state index < -0.39 is 0 Å². The summed E-state index contributed by atoms with van der Waals surface area (Å²) in [6.07, 6.45) is 0. The van der Waals surface area contributed by atoms with Crippen molar-refractivity contribution in [2.24, 2.45) is 0 Å². The van der Waals surface area contributed by atoms with Crippen LogP contribution in [0.15, 0.2) is 340 Å². The Hall–Kier alpha value is -12.7. The average Bonchev–Trinajstić information content (AvgIpc) is 0.762. The van der Waals surface area contributed by atoms with E-state index in [4.69, 9.17) is 0 Å². The molecule has 0 saturated heterocycles. The summed E-state index contributed by atoms with van der Waals surface area (Å²) in [5, 5.41) is 37.7. The highest BCUT2D eigenvalue weighted by Gasteiger charge is 2.11. The van der Waals surface area contributed by atoms with Crippen LogP contribution >= 0.6 is 0 Å². The zero-order chi connectivity index (χ0) is 77.8. The molecule has 0 heteroatoms. The maximum atomic E-state index is 2.30. The van der Waals surface area contributed by atoms with Crippen LogP contribution in [0, 0.1) is 96.9 Å². The van der Waals surface area contributed by atoms with Crippen molar-refractivity contribution in [3.8, 4) is 0 Å². The number of aryl methyl sites for hydroxylation is 14. The van der Waals surface area contributed by atoms with Gasteiger partial charge in [-0.05, 0) is 387 Å². The van der Waals surface area contributed by atoms with Crippen LogP contribution in [0.5, 0.6) is 0 Å². The highest BCUT2D eigenvalue weighted by atomic mass is 14.2. The smallest absolute Gasteiger partial charge is 0.0146 e. The van der Waals surface area contributed by atoms with Gasteiger partial charge in [-0.1, -0.05) is 279 Å². The van der Waals surface area contributed by atoms with Crippen molar-refractivity contribution in [3.05, 3.63) is 418 Å². The van der Waals surface area contributed by atoms with Crippen molar-refractivity contribution in [2.75, 3.05) is 0 Å². The molecule has 0 radical (unpaired) electrons. The maximum Gasteiger partial charge on any atom is -0.0146 e. The Kier molecular flexibility index (Phi) is 21.6. The number of rotatable bonds is 0. The van der Waals surface area contributed by atoms with Crippen LogP contribution in [0.4, 0.5) is 0 Å². The third-order valence-corrected chi connectivity index (χ3v) is 23.4. The zero-order valence-electron chi connectivity index (χ0n) is 67.3. The predicted octanol–water partition coefficient (Wildman–Crippen LogP) is 32.3. The van der Waals surface area contributed by atoms with Gasteiger partial charge in [-0.3, -0.25) is 0 Å². The van der Waals surface area contributed by atoms with Gasteiger partial charge in [0.2, 0.25) is 0 Å². The van der Waals surface area contributed by atoms with E-state index in [1.54, 1.807) is 0 Å². The minimum absolute atomic E-state index is 1.32. The van der Waals surface area contributed by atoms with Crippen LogP contribution in [-0.4, -0.2) is 0 Å².